The SMILES string of the molecule is CCC1NC(CC(C)C)C(=O)N1CCN1CCCCC1. The van der Waals surface area contributed by atoms with Crippen molar-refractivity contribution in [2.75, 3.05) is 26.2 Å². The average molecular weight is 281 g/mol. The van der Waals surface area contributed by atoms with Crippen molar-refractivity contribution in [1.29, 1.82) is 0 Å². The topological polar surface area (TPSA) is 35.6 Å². The van der Waals surface area contributed by atoms with Crippen LogP contribution in [0.25, 0.3) is 0 Å². The molecule has 116 valence electrons. The van der Waals surface area contributed by atoms with Crippen LogP contribution < -0.4 is 5.32 Å². The van der Waals surface area contributed by atoms with Crippen molar-refractivity contribution in [3.8, 4) is 0 Å². The molecule has 4 heteroatoms. The zero-order valence-corrected chi connectivity index (χ0v) is 13.4. The van der Waals surface area contributed by atoms with E-state index in [1.165, 1.54) is 32.4 Å². The minimum absolute atomic E-state index is 0.0429. The number of rotatable bonds is 6. The molecule has 2 aliphatic rings. The quantitative estimate of drug-likeness (QED) is 0.809. The van der Waals surface area contributed by atoms with Crippen LogP contribution >= 0.6 is 0 Å². The molecule has 0 bridgehead atoms. The number of likely N-dealkylation sites (tertiary alicyclic amines) is 1. The van der Waals surface area contributed by atoms with Crippen molar-refractivity contribution < 1.29 is 4.79 Å². The van der Waals surface area contributed by atoms with E-state index in [0.717, 1.165) is 25.9 Å². The Morgan fingerprint density at radius 2 is 1.90 bits per heavy atom. The van der Waals surface area contributed by atoms with Crippen molar-refractivity contribution >= 4 is 5.91 Å². The van der Waals surface area contributed by atoms with Gasteiger partial charge in [-0.3, -0.25) is 10.1 Å². The summed E-state index contributed by atoms with van der Waals surface area (Å²) in [7, 11) is 0. The first-order valence-electron chi connectivity index (χ1n) is 8.40. The Balaban J connectivity index is 1.86. The molecule has 2 unspecified atom stereocenters. The van der Waals surface area contributed by atoms with Gasteiger partial charge in [0.15, 0.2) is 0 Å². The summed E-state index contributed by atoms with van der Waals surface area (Å²) in [5, 5.41) is 3.52. The molecule has 2 fully saturated rings. The number of amides is 1. The van der Waals surface area contributed by atoms with Gasteiger partial charge < -0.3 is 9.80 Å². The molecule has 0 saturated carbocycles. The van der Waals surface area contributed by atoms with Crippen molar-refractivity contribution in [3.05, 3.63) is 0 Å². The summed E-state index contributed by atoms with van der Waals surface area (Å²) in [4.78, 5) is 17.1. The maximum Gasteiger partial charge on any atom is 0.241 e. The molecule has 0 aromatic rings. The van der Waals surface area contributed by atoms with Gasteiger partial charge in [-0.25, -0.2) is 0 Å². The molecule has 2 saturated heterocycles. The van der Waals surface area contributed by atoms with Gasteiger partial charge in [0.1, 0.15) is 0 Å². The van der Waals surface area contributed by atoms with Gasteiger partial charge in [0.2, 0.25) is 5.91 Å². The third kappa shape index (κ3) is 3.95. The molecule has 0 aromatic heterocycles. The van der Waals surface area contributed by atoms with E-state index in [2.05, 4.69) is 35.9 Å². The van der Waals surface area contributed by atoms with Crippen LogP contribution in [-0.2, 0) is 4.79 Å². The normalized spacial score (nSPS) is 28.6. The average Bonchev–Trinajstić information content (AvgIpc) is 2.73. The molecule has 0 aromatic carbocycles. The maximum absolute atomic E-state index is 12.5. The highest BCUT2D eigenvalue weighted by Gasteiger charge is 2.37. The van der Waals surface area contributed by atoms with E-state index in [-0.39, 0.29) is 12.2 Å². The molecule has 4 nitrogen and oxygen atoms in total. The van der Waals surface area contributed by atoms with Crippen molar-refractivity contribution in [3.63, 3.8) is 0 Å². The van der Waals surface area contributed by atoms with E-state index in [0.29, 0.717) is 11.8 Å². The zero-order valence-electron chi connectivity index (χ0n) is 13.4. The standard InChI is InChI=1S/C16H31N3O/c1-4-15-17-14(12-13(2)3)16(20)19(15)11-10-18-8-6-5-7-9-18/h13-15,17H,4-12H2,1-3H3. The fourth-order valence-corrected chi connectivity index (χ4v) is 3.42. The number of nitrogens with one attached hydrogen (secondary N) is 1. The Hall–Kier alpha value is -0.610. The van der Waals surface area contributed by atoms with Crippen LogP contribution in [0, 0.1) is 5.92 Å². The number of hydrogen-bond acceptors (Lipinski definition) is 3. The smallest absolute Gasteiger partial charge is 0.241 e. The fourth-order valence-electron chi connectivity index (χ4n) is 3.42. The first-order chi connectivity index (χ1) is 9.61. The molecule has 2 aliphatic heterocycles. The Kier molecular flexibility index (Phi) is 5.85. The van der Waals surface area contributed by atoms with Gasteiger partial charge in [-0.2, -0.15) is 0 Å². The lowest BCUT2D eigenvalue weighted by molar-refractivity contribution is -0.130. The molecule has 1 amide bonds. The van der Waals surface area contributed by atoms with Gasteiger partial charge in [0.25, 0.3) is 0 Å². The van der Waals surface area contributed by atoms with Crippen molar-refractivity contribution in [2.45, 2.75) is 65.1 Å². The first kappa shape index (κ1) is 15.8. The van der Waals surface area contributed by atoms with Crippen molar-refractivity contribution in [2.24, 2.45) is 5.92 Å². The Morgan fingerprint density at radius 1 is 1.20 bits per heavy atom. The minimum atomic E-state index is 0.0429. The highest BCUT2D eigenvalue weighted by atomic mass is 16.2. The third-order valence-corrected chi connectivity index (χ3v) is 4.55. The molecule has 2 atom stereocenters. The maximum atomic E-state index is 12.5. The minimum Gasteiger partial charge on any atom is -0.325 e. The number of piperidine rings is 1. The predicted octanol–water partition coefficient (Wildman–Crippen LogP) is 2.05. The van der Waals surface area contributed by atoms with Crippen LogP contribution in [0.4, 0.5) is 0 Å². The molecular formula is C16H31N3O. The predicted molar refractivity (Wildman–Crippen MR) is 82.5 cm³/mol. The summed E-state index contributed by atoms with van der Waals surface area (Å²) in [5.74, 6) is 0.888. The monoisotopic (exact) mass is 281 g/mol. The fraction of sp³-hybridized carbons (Fsp3) is 0.938. The Bertz CT molecular complexity index is 313. The summed E-state index contributed by atoms with van der Waals surface area (Å²) in [6, 6.07) is 0.0429. The van der Waals surface area contributed by atoms with Gasteiger partial charge in [0.05, 0.1) is 12.2 Å². The van der Waals surface area contributed by atoms with Gasteiger partial charge in [-0.05, 0) is 44.7 Å². The summed E-state index contributed by atoms with van der Waals surface area (Å²) in [5.41, 5.74) is 0. The number of nitrogens with zero attached hydrogens (tertiary/aromatic N) is 2. The van der Waals surface area contributed by atoms with Crippen molar-refractivity contribution in [1.82, 2.24) is 15.1 Å². The summed E-state index contributed by atoms with van der Waals surface area (Å²) >= 11 is 0. The Morgan fingerprint density at radius 3 is 2.50 bits per heavy atom. The third-order valence-electron chi connectivity index (χ3n) is 4.55. The lowest BCUT2D eigenvalue weighted by atomic mass is 10.0. The molecular weight excluding hydrogens is 250 g/mol. The van der Waals surface area contributed by atoms with E-state index in [9.17, 15) is 4.79 Å². The van der Waals surface area contributed by atoms with Crippen LogP contribution in [0.2, 0.25) is 0 Å². The second kappa shape index (κ2) is 7.41. The number of hydrogen-bond donors (Lipinski definition) is 1. The molecule has 2 rings (SSSR count). The lowest BCUT2D eigenvalue weighted by Gasteiger charge is -2.30. The number of carbonyl (C=O) groups is 1. The van der Waals surface area contributed by atoms with Crippen LogP contribution in [0.1, 0.15) is 52.9 Å². The highest BCUT2D eigenvalue weighted by molar-refractivity contribution is 5.84. The van der Waals surface area contributed by atoms with E-state index in [1.54, 1.807) is 0 Å². The van der Waals surface area contributed by atoms with E-state index in [1.807, 2.05) is 0 Å². The molecule has 0 aliphatic carbocycles. The van der Waals surface area contributed by atoms with E-state index < -0.39 is 0 Å². The second-order valence-electron chi connectivity index (χ2n) is 6.71. The van der Waals surface area contributed by atoms with Gasteiger partial charge in [-0.15, -0.1) is 0 Å². The van der Waals surface area contributed by atoms with Crippen LogP contribution in [0.5, 0.6) is 0 Å². The molecule has 1 N–H and O–H groups in total. The van der Waals surface area contributed by atoms with Gasteiger partial charge in [0, 0.05) is 13.1 Å². The largest absolute Gasteiger partial charge is 0.325 e. The van der Waals surface area contributed by atoms with Gasteiger partial charge >= 0.3 is 0 Å². The van der Waals surface area contributed by atoms with E-state index in [4.69, 9.17) is 0 Å². The zero-order chi connectivity index (χ0) is 14.5. The van der Waals surface area contributed by atoms with Crippen LogP contribution in [0.15, 0.2) is 0 Å². The highest BCUT2D eigenvalue weighted by Crippen LogP contribution is 2.19. The summed E-state index contributed by atoms with van der Waals surface area (Å²) in [6.07, 6.45) is 6.21. The van der Waals surface area contributed by atoms with Crippen LogP contribution in [0.3, 0.4) is 0 Å². The van der Waals surface area contributed by atoms with Crippen LogP contribution in [-0.4, -0.2) is 54.1 Å². The molecule has 20 heavy (non-hydrogen) atoms. The van der Waals surface area contributed by atoms with Gasteiger partial charge in [-0.1, -0.05) is 27.2 Å². The Labute approximate surface area is 123 Å². The number of carbonyl (C=O) groups excluding carboxylic acids is 1. The summed E-state index contributed by atoms with van der Waals surface area (Å²) < 4.78 is 0. The lowest BCUT2D eigenvalue weighted by Crippen LogP contribution is -2.43. The molecule has 0 radical (unpaired) electrons. The second-order valence-corrected chi connectivity index (χ2v) is 6.71. The molecule has 2 heterocycles. The first-order valence-corrected chi connectivity index (χ1v) is 8.40. The van der Waals surface area contributed by atoms with E-state index >= 15 is 0 Å². The summed E-state index contributed by atoms with van der Waals surface area (Å²) in [6.45, 7) is 10.9. The molecule has 0 spiro atoms.